The molecule has 0 fully saturated rings. The lowest BCUT2D eigenvalue weighted by Crippen LogP contribution is -1.95. The average molecular weight is 248 g/mol. The van der Waals surface area contributed by atoms with Crippen molar-refractivity contribution in [1.82, 2.24) is 9.78 Å². The van der Waals surface area contributed by atoms with Gasteiger partial charge in [0.2, 0.25) is 0 Å². The zero-order chi connectivity index (χ0) is 10.2. The highest BCUT2D eigenvalue weighted by Gasteiger charge is 2.26. The van der Waals surface area contributed by atoms with Crippen molar-refractivity contribution in [2.45, 2.75) is 19.8 Å². The summed E-state index contributed by atoms with van der Waals surface area (Å²) in [5.41, 5.74) is 0.580. The zero-order valence-electron chi connectivity index (χ0n) is 7.61. The van der Waals surface area contributed by atoms with Crippen LogP contribution in [0.25, 0.3) is 0 Å². The summed E-state index contributed by atoms with van der Waals surface area (Å²) >= 11 is 3.13. The summed E-state index contributed by atoms with van der Waals surface area (Å²) in [5, 5.41) is 14.7. The summed E-state index contributed by atoms with van der Waals surface area (Å²) in [6.45, 7) is 3.75. The van der Waals surface area contributed by atoms with Gasteiger partial charge in [-0.25, -0.2) is 0 Å². The summed E-state index contributed by atoms with van der Waals surface area (Å²) in [5.74, 6) is 0.0536. The first-order valence-electron chi connectivity index (χ1n) is 3.82. The SMILES string of the molecule is CC(C)c1nn(C)c(Br)c1[N+](=O)[O-]. The largest absolute Gasteiger partial charge is 0.324 e. The molecular formula is C7H10BrN3O2. The van der Waals surface area contributed by atoms with E-state index in [0.717, 1.165) is 0 Å². The first-order valence-corrected chi connectivity index (χ1v) is 4.61. The molecule has 0 spiro atoms. The Balaban J connectivity index is 3.35. The van der Waals surface area contributed by atoms with Gasteiger partial charge in [-0.15, -0.1) is 0 Å². The molecule has 0 bridgehead atoms. The van der Waals surface area contributed by atoms with Crippen molar-refractivity contribution in [1.29, 1.82) is 0 Å². The number of aromatic nitrogens is 2. The Hall–Kier alpha value is -0.910. The van der Waals surface area contributed by atoms with Crippen LogP contribution in [0.3, 0.4) is 0 Å². The summed E-state index contributed by atoms with van der Waals surface area (Å²) in [7, 11) is 1.67. The topological polar surface area (TPSA) is 61.0 Å². The monoisotopic (exact) mass is 247 g/mol. The van der Waals surface area contributed by atoms with E-state index in [-0.39, 0.29) is 11.6 Å². The lowest BCUT2D eigenvalue weighted by atomic mass is 10.1. The Morgan fingerprint density at radius 1 is 1.62 bits per heavy atom. The zero-order valence-corrected chi connectivity index (χ0v) is 9.20. The van der Waals surface area contributed by atoms with E-state index in [0.29, 0.717) is 10.3 Å². The third kappa shape index (κ3) is 1.72. The molecule has 0 saturated carbocycles. The minimum atomic E-state index is -0.410. The Morgan fingerprint density at radius 3 is 2.46 bits per heavy atom. The van der Waals surface area contributed by atoms with Crippen LogP contribution in [0, 0.1) is 10.1 Å². The molecule has 1 rings (SSSR count). The van der Waals surface area contributed by atoms with Crippen LogP contribution in [-0.2, 0) is 7.05 Å². The van der Waals surface area contributed by atoms with Crippen LogP contribution < -0.4 is 0 Å². The van der Waals surface area contributed by atoms with Crippen LogP contribution in [0.4, 0.5) is 5.69 Å². The number of rotatable bonds is 2. The van der Waals surface area contributed by atoms with E-state index in [1.54, 1.807) is 7.05 Å². The molecule has 0 radical (unpaired) electrons. The normalized spacial score (nSPS) is 10.8. The van der Waals surface area contributed by atoms with Crippen molar-refractivity contribution in [3.8, 4) is 0 Å². The first kappa shape index (κ1) is 10.2. The third-order valence-electron chi connectivity index (χ3n) is 1.71. The van der Waals surface area contributed by atoms with Gasteiger partial charge in [0.15, 0.2) is 4.60 Å². The second-order valence-electron chi connectivity index (χ2n) is 3.06. The summed E-state index contributed by atoms with van der Waals surface area (Å²) in [6, 6.07) is 0. The van der Waals surface area contributed by atoms with Crippen molar-refractivity contribution in [3.63, 3.8) is 0 Å². The molecule has 0 saturated heterocycles. The fourth-order valence-electron chi connectivity index (χ4n) is 1.07. The van der Waals surface area contributed by atoms with Crippen LogP contribution in [0.15, 0.2) is 4.60 Å². The Labute approximate surface area is 84.0 Å². The maximum Gasteiger partial charge on any atom is 0.324 e. The average Bonchev–Trinajstić information content (AvgIpc) is 2.28. The van der Waals surface area contributed by atoms with Crippen molar-refractivity contribution >= 4 is 21.6 Å². The van der Waals surface area contributed by atoms with E-state index in [9.17, 15) is 10.1 Å². The van der Waals surface area contributed by atoms with Crippen molar-refractivity contribution in [2.24, 2.45) is 7.05 Å². The Morgan fingerprint density at radius 2 is 2.15 bits per heavy atom. The quantitative estimate of drug-likeness (QED) is 0.595. The highest BCUT2D eigenvalue weighted by Crippen LogP contribution is 2.32. The minimum absolute atomic E-state index is 0.0536. The van der Waals surface area contributed by atoms with E-state index in [1.807, 2.05) is 13.8 Å². The standard InChI is InChI=1S/C7H10BrN3O2/c1-4(2)5-6(11(12)13)7(8)10(3)9-5/h4H,1-3H3. The molecule has 0 aliphatic heterocycles. The molecule has 0 N–H and O–H groups in total. The number of halogens is 1. The van der Waals surface area contributed by atoms with E-state index in [1.165, 1.54) is 4.68 Å². The minimum Gasteiger partial charge on any atom is -0.258 e. The number of nitro groups is 1. The molecule has 0 aliphatic rings. The highest BCUT2D eigenvalue weighted by atomic mass is 79.9. The molecule has 13 heavy (non-hydrogen) atoms. The number of nitrogens with zero attached hydrogens (tertiary/aromatic N) is 3. The molecule has 0 atom stereocenters. The fraction of sp³-hybridized carbons (Fsp3) is 0.571. The van der Waals surface area contributed by atoms with Crippen molar-refractivity contribution in [2.75, 3.05) is 0 Å². The van der Waals surface area contributed by atoms with Gasteiger partial charge in [-0.1, -0.05) is 13.8 Å². The predicted molar refractivity (Wildman–Crippen MR) is 51.7 cm³/mol. The number of hydrogen-bond acceptors (Lipinski definition) is 3. The predicted octanol–water partition coefficient (Wildman–Crippen LogP) is 2.21. The maximum absolute atomic E-state index is 10.7. The first-order chi connectivity index (χ1) is 5.95. The van der Waals surface area contributed by atoms with E-state index >= 15 is 0 Å². The molecule has 6 heteroatoms. The lowest BCUT2D eigenvalue weighted by Gasteiger charge is -1.97. The lowest BCUT2D eigenvalue weighted by molar-refractivity contribution is -0.386. The van der Waals surface area contributed by atoms with Gasteiger partial charge in [-0.05, 0) is 15.9 Å². The molecule has 1 aromatic heterocycles. The number of hydrogen-bond donors (Lipinski definition) is 0. The summed E-state index contributed by atoms with van der Waals surface area (Å²) < 4.78 is 1.88. The molecular weight excluding hydrogens is 238 g/mol. The molecule has 1 aromatic rings. The Kier molecular flexibility index (Phi) is 2.70. The molecule has 0 aliphatic carbocycles. The maximum atomic E-state index is 10.7. The highest BCUT2D eigenvalue weighted by molar-refractivity contribution is 9.10. The van der Waals surface area contributed by atoms with Gasteiger partial charge >= 0.3 is 5.69 Å². The van der Waals surface area contributed by atoms with Crippen molar-refractivity contribution < 1.29 is 4.92 Å². The smallest absolute Gasteiger partial charge is 0.258 e. The van der Waals surface area contributed by atoms with Gasteiger partial charge in [0.25, 0.3) is 0 Å². The second kappa shape index (κ2) is 3.45. The second-order valence-corrected chi connectivity index (χ2v) is 3.81. The van der Waals surface area contributed by atoms with Crippen LogP contribution in [-0.4, -0.2) is 14.7 Å². The molecule has 5 nitrogen and oxygen atoms in total. The van der Waals surface area contributed by atoms with Gasteiger partial charge < -0.3 is 0 Å². The molecule has 1 heterocycles. The van der Waals surface area contributed by atoms with Crippen LogP contribution in [0.1, 0.15) is 25.5 Å². The van der Waals surface area contributed by atoms with Crippen LogP contribution in [0.2, 0.25) is 0 Å². The van der Waals surface area contributed by atoms with Gasteiger partial charge in [-0.2, -0.15) is 5.10 Å². The summed E-state index contributed by atoms with van der Waals surface area (Å²) in [6.07, 6.45) is 0. The van der Waals surface area contributed by atoms with Gasteiger partial charge in [0.05, 0.1) is 4.92 Å². The van der Waals surface area contributed by atoms with E-state index in [4.69, 9.17) is 0 Å². The fourth-order valence-corrected chi connectivity index (χ4v) is 1.50. The van der Waals surface area contributed by atoms with Crippen LogP contribution >= 0.6 is 15.9 Å². The van der Waals surface area contributed by atoms with Gasteiger partial charge in [0.1, 0.15) is 5.69 Å². The van der Waals surface area contributed by atoms with E-state index < -0.39 is 4.92 Å². The summed E-state index contributed by atoms with van der Waals surface area (Å²) in [4.78, 5) is 10.3. The van der Waals surface area contributed by atoms with Crippen molar-refractivity contribution in [3.05, 3.63) is 20.4 Å². The van der Waals surface area contributed by atoms with Gasteiger partial charge in [-0.3, -0.25) is 14.8 Å². The molecule has 0 unspecified atom stereocenters. The van der Waals surface area contributed by atoms with Gasteiger partial charge in [0, 0.05) is 13.0 Å². The van der Waals surface area contributed by atoms with Crippen LogP contribution in [0.5, 0.6) is 0 Å². The molecule has 0 aromatic carbocycles. The molecule has 72 valence electrons. The number of aryl methyl sites for hydroxylation is 1. The third-order valence-corrected chi connectivity index (χ3v) is 2.60. The molecule has 0 amide bonds. The Bertz CT molecular complexity index is 346. The van der Waals surface area contributed by atoms with E-state index in [2.05, 4.69) is 21.0 Å².